The van der Waals surface area contributed by atoms with E-state index in [4.69, 9.17) is 10.5 Å². The second-order valence-corrected chi connectivity index (χ2v) is 5.75. The molecule has 4 nitrogen and oxygen atoms in total. The molecule has 0 radical (unpaired) electrons. The van der Waals surface area contributed by atoms with Crippen LogP contribution in [0.25, 0.3) is 0 Å². The van der Waals surface area contributed by atoms with Gasteiger partial charge in [-0.05, 0) is 24.5 Å². The lowest BCUT2D eigenvalue weighted by molar-refractivity contribution is 0.0392. The highest BCUT2D eigenvalue weighted by Crippen LogP contribution is 2.31. The number of nitrogens with two attached hydrogens (primary N) is 1. The van der Waals surface area contributed by atoms with Crippen molar-refractivity contribution in [2.24, 2.45) is 5.73 Å². The number of rotatable bonds is 3. The van der Waals surface area contributed by atoms with Crippen LogP contribution in [0.5, 0.6) is 0 Å². The average molecular weight is 275 g/mol. The molecule has 1 unspecified atom stereocenters. The van der Waals surface area contributed by atoms with Crippen molar-refractivity contribution in [3.05, 3.63) is 29.8 Å². The van der Waals surface area contributed by atoms with Crippen molar-refractivity contribution in [3.63, 3.8) is 0 Å². The number of fused-ring (bicyclic) bond motifs is 1. The van der Waals surface area contributed by atoms with E-state index in [1.807, 2.05) is 0 Å². The summed E-state index contributed by atoms with van der Waals surface area (Å²) in [7, 11) is 0. The number of morpholine rings is 1. The van der Waals surface area contributed by atoms with Crippen molar-refractivity contribution >= 4 is 5.69 Å². The predicted octanol–water partition coefficient (Wildman–Crippen LogP) is 1.62. The van der Waals surface area contributed by atoms with Gasteiger partial charge in [0.25, 0.3) is 0 Å². The Balaban J connectivity index is 1.67. The van der Waals surface area contributed by atoms with Crippen molar-refractivity contribution < 1.29 is 4.74 Å². The summed E-state index contributed by atoms with van der Waals surface area (Å²) >= 11 is 0. The Labute approximate surface area is 121 Å². The van der Waals surface area contributed by atoms with Crippen LogP contribution in [0.4, 0.5) is 5.69 Å². The van der Waals surface area contributed by atoms with Crippen LogP contribution in [-0.2, 0) is 4.74 Å². The second kappa shape index (κ2) is 6.57. The largest absolute Gasteiger partial charge is 0.379 e. The van der Waals surface area contributed by atoms with Gasteiger partial charge in [0, 0.05) is 44.5 Å². The molecule has 1 atom stereocenters. The molecule has 3 rings (SSSR count). The van der Waals surface area contributed by atoms with Gasteiger partial charge in [0.1, 0.15) is 0 Å². The Morgan fingerprint density at radius 3 is 2.75 bits per heavy atom. The SMILES string of the molecule is NC1CCCN(CCN2CCOCC2)c2ccccc21. The van der Waals surface area contributed by atoms with E-state index in [1.54, 1.807) is 0 Å². The summed E-state index contributed by atoms with van der Waals surface area (Å²) in [5.41, 5.74) is 8.94. The zero-order chi connectivity index (χ0) is 13.8. The van der Waals surface area contributed by atoms with Crippen LogP contribution in [0.3, 0.4) is 0 Å². The molecule has 2 N–H and O–H groups in total. The highest BCUT2D eigenvalue weighted by Gasteiger charge is 2.20. The zero-order valence-corrected chi connectivity index (χ0v) is 12.1. The molecule has 0 saturated carbocycles. The Morgan fingerprint density at radius 1 is 1.10 bits per heavy atom. The van der Waals surface area contributed by atoms with Crippen LogP contribution in [0.15, 0.2) is 24.3 Å². The van der Waals surface area contributed by atoms with Gasteiger partial charge in [-0.1, -0.05) is 18.2 Å². The third-order valence-electron chi connectivity index (χ3n) is 4.41. The van der Waals surface area contributed by atoms with E-state index >= 15 is 0 Å². The van der Waals surface area contributed by atoms with Gasteiger partial charge in [-0.3, -0.25) is 4.90 Å². The first-order valence-corrected chi connectivity index (χ1v) is 7.74. The Bertz CT molecular complexity index is 431. The standard InChI is InChI=1S/C16H25N3O/c17-15-5-3-7-19(16-6-2-1-4-14(15)16)9-8-18-10-12-20-13-11-18/h1-2,4,6,15H,3,5,7-13,17H2. The molecule has 0 bridgehead atoms. The van der Waals surface area contributed by atoms with Crippen molar-refractivity contribution in [1.29, 1.82) is 0 Å². The summed E-state index contributed by atoms with van der Waals surface area (Å²) in [6.07, 6.45) is 2.27. The second-order valence-electron chi connectivity index (χ2n) is 5.75. The lowest BCUT2D eigenvalue weighted by atomic mass is 10.0. The maximum absolute atomic E-state index is 6.29. The number of nitrogens with zero attached hydrogens (tertiary/aromatic N) is 2. The number of anilines is 1. The van der Waals surface area contributed by atoms with Crippen LogP contribution in [0, 0.1) is 0 Å². The molecule has 2 aliphatic heterocycles. The van der Waals surface area contributed by atoms with Gasteiger partial charge < -0.3 is 15.4 Å². The fourth-order valence-corrected chi connectivity index (χ4v) is 3.19. The van der Waals surface area contributed by atoms with E-state index in [1.165, 1.54) is 17.7 Å². The molecule has 0 aromatic heterocycles. The van der Waals surface area contributed by atoms with Crippen molar-refractivity contribution in [3.8, 4) is 0 Å². The van der Waals surface area contributed by atoms with E-state index in [0.717, 1.165) is 52.4 Å². The molecular formula is C16H25N3O. The molecule has 1 aromatic rings. The topological polar surface area (TPSA) is 41.7 Å². The lowest BCUT2D eigenvalue weighted by Crippen LogP contribution is -2.41. The highest BCUT2D eigenvalue weighted by molar-refractivity contribution is 5.55. The first kappa shape index (κ1) is 13.9. The van der Waals surface area contributed by atoms with Gasteiger partial charge in [0.05, 0.1) is 13.2 Å². The number of ether oxygens (including phenoxy) is 1. The van der Waals surface area contributed by atoms with Crippen molar-refractivity contribution in [2.45, 2.75) is 18.9 Å². The molecule has 4 heteroatoms. The summed E-state index contributed by atoms with van der Waals surface area (Å²) in [4.78, 5) is 5.01. The van der Waals surface area contributed by atoms with Crippen molar-refractivity contribution in [2.75, 3.05) is 50.8 Å². The number of hydrogen-bond donors (Lipinski definition) is 1. The first-order chi connectivity index (χ1) is 9.84. The third kappa shape index (κ3) is 3.14. The first-order valence-electron chi connectivity index (χ1n) is 7.74. The lowest BCUT2D eigenvalue weighted by Gasteiger charge is -2.31. The summed E-state index contributed by atoms with van der Waals surface area (Å²) in [5, 5.41) is 0. The van der Waals surface area contributed by atoms with Gasteiger partial charge in [0.2, 0.25) is 0 Å². The monoisotopic (exact) mass is 275 g/mol. The Hall–Kier alpha value is -1.10. The zero-order valence-electron chi connectivity index (χ0n) is 12.1. The normalized spacial score (nSPS) is 24.2. The quantitative estimate of drug-likeness (QED) is 0.910. The summed E-state index contributed by atoms with van der Waals surface area (Å²) in [6, 6.07) is 8.83. The fourth-order valence-electron chi connectivity index (χ4n) is 3.19. The fraction of sp³-hybridized carbons (Fsp3) is 0.625. The van der Waals surface area contributed by atoms with E-state index in [9.17, 15) is 0 Å². The molecule has 20 heavy (non-hydrogen) atoms. The summed E-state index contributed by atoms with van der Waals surface area (Å²) in [6.45, 7) is 7.21. The molecule has 0 spiro atoms. The number of para-hydroxylation sites is 1. The van der Waals surface area contributed by atoms with Crippen LogP contribution in [0.2, 0.25) is 0 Å². The molecule has 1 aromatic carbocycles. The minimum atomic E-state index is 0.194. The predicted molar refractivity (Wildman–Crippen MR) is 82.1 cm³/mol. The summed E-state index contributed by atoms with van der Waals surface area (Å²) < 4.78 is 5.41. The Kier molecular flexibility index (Phi) is 4.55. The van der Waals surface area contributed by atoms with E-state index in [-0.39, 0.29) is 6.04 Å². The number of hydrogen-bond acceptors (Lipinski definition) is 4. The number of benzene rings is 1. The molecule has 0 aliphatic carbocycles. The maximum Gasteiger partial charge on any atom is 0.0594 e. The smallest absolute Gasteiger partial charge is 0.0594 e. The molecule has 1 saturated heterocycles. The minimum Gasteiger partial charge on any atom is -0.379 e. The van der Waals surface area contributed by atoms with E-state index in [2.05, 4.69) is 34.1 Å². The molecule has 0 amide bonds. The molecule has 110 valence electrons. The third-order valence-corrected chi connectivity index (χ3v) is 4.41. The highest BCUT2D eigenvalue weighted by atomic mass is 16.5. The van der Waals surface area contributed by atoms with Gasteiger partial charge in [-0.25, -0.2) is 0 Å². The molecule has 2 heterocycles. The van der Waals surface area contributed by atoms with Gasteiger partial charge in [-0.2, -0.15) is 0 Å². The summed E-state index contributed by atoms with van der Waals surface area (Å²) in [5.74, 6) is 0. The average Bonchev–Trinajstić information content (AvgIpc) is 2.66. The molecule has 2 aliphatic rings. The van der Waals surface area contributed by atoms with E-state index < -0.39 is 0 Å². The van der Waals surface area contributed by atoms with Gasteiger partial charge in [0.15, 0.2) is 0 Å². The van der Waals surface area contributed by atoms with Crippen molar-refractivity contribution in [1.82, 2.24) is 4.90 Å². The maximum atomic E-state index is 6.29. The van der Waals surface area contributed by atoms with Gasteiger partial charge in [-0.15, -0.1) is 0 Å². The minimum absolute atomic E-state index is 0.194. The molecule has 1 fully saturated rings. The van der Waals surface area contributed by atoms with Crippen LogP contribution < -0.4 is 10.6 Å². The Morgan fingerprint density at radius 2 is 1.90 bits per heavy atom. The van der Waals surface area contributed by atoms with Crippen LogP contribution in [0.1, 0.15) is 24.4 Å². The van der Waals surface area contributed by atoms with Crippen LogP contribution >= 0.6 is 0 Å². The van der Waals surface area contributed by atoms with Crippen LogP contribution in [-0.4, -0.2) is 50.8 Å². The van der Waals surface area contributed by atoms with Gasteiger partial charge >= 0.3 is 0 Å². The van der Waals surface area contributed by atoms with E-state index in [0.29, 0.717) is 0 Å². The molecular weight excluding hydrogens is 250 g/mol.